The second-order valence-corrected chi connectivity index (χ2v) is 6.78. The molecule has 0 saturated carbocycles. The van der Waals surface area contributed by atoms with E-state index in [-0.39, 0.29) is 35.1 Å². The van der Waals surface area contributed by atoms with Gasteiger partial charge in [0.05, 0.1) is 11.2 Å². The second kappa shape index (κ2) is 6.97. The molecule has 0 fully saturated rings. The molecule has 0 aliphatic rings. The fourth-order valence-electron chi connectivity index (χ4n) is 2.13. The van der Waals surface area contributed by atoms with Crippen LogP contribution in [0.1, 0.15) is 17.1 Å². The highest BCUT2D eigenvalue weighted by atomic mass is 32.2. The molecule has 1 aromatic carbocycles. The van der Waals surface area contributed by atoms with Crippen molar-refractivity contribution in [3.63, 3.8) is 0 Å². The van der Waals surface area contributed by atoms with Crippen LogP contribution in [0.3, 0.4) is 0 Å². The van der Waals surface area contributed by atoms with Gasteiger partial charge in [-0.1, -0.05) is 6.07 Å². The zero-order chi connectivity index (χ0) is 18.8. The average molecular weight is 370 g/mol. The Hall–Kier alpha value is -2.82. The lowest BCUT2D eigenvalue weighted by Gasteiger charge is -2.10. The van der Waals surface area contributed by atoms with Crippen LogP contribution in [-0.2, 0) is 16.7 Å². The van der Waals surface area contributed by atoms with Crippen molar-refractivity contribution in [3.8, 4) is 5.75 Å². The van der Waals surface area contributed by atoms with E-state index in [0.29, 0.717) is 5.82 Å². The minimum absolute atomic E-state index is 0.0223. The van der Waals surface area contributed by atoms with E-state index >= 15 is 0 Å². The quantitative estimate of drug-likeness (QED) is 0.465. The Labute approximate surface area is 143 Å². The van der Waals surface area contributed by atoms with Crippen molar-refractivity contribution in [1.82, 2.24) is 9.97 Å². The van der Waals surface area contributed by atoms with Crippen LogP contribution >= 0.6 is 0 Å². The summed E-state index contributed by atoms with van der Waals surface area (Å²) >= 11 is 0. The first-order valence-electron chi connectivity index (χ1n) is 6.98. The smallest absolute Gasteiger partial charge is 0.332 e. The number of aromatic nitrogens is 2. The van der Waals surface area contributed by atoms with E-state index in [2.05, 4.69) is 19.5 Å². The molecule has 0 atom stereocenters. The molecule has 1 N–H and O–H groups in total. The predicted molar refractivity (Wildman–Crippen MR) is 87.4 cm³/mol. The molecule has 0 spiro atoms. The molecule has 0 aliphatic carbocycles. The highest BCUT2D eigenvalue weighted by Crippen LogP contribution is 2.26. The molecule has 2 aromatic rings. The Kier molecular flexibility index (Phi) is 5.16. The van der Waals surface area contributed by atoms with Gasteiger partial charge in [0.2, 0.25) is 5.82 Å². The molecule has 0 saturated heterocycles. The molecule has 11 heteroatoms. The largest absolute Gasteiger partial charge is 0.382 e. The maximum absolute atomic E-state index is 14.1. The number of halogens is 1. The number of rotatable bonds is 6. The molecule has 2 rings (SSSR count). The second-order valence-electron chi connectivity index (χ2n) is 5.20. The number of hydrogen-bond acceptors (Lipinski definition) is 8. The number of anilines is 1. The monoisotopic (exact) mass is 370 g/mol. The first-order chi connectivity index (χ1) is 11.6. The Morgan fingerprint density at radius 1 is 1.32 bits per heavy atom. The third-order valence-electron chi connectivity index (χ3n) is 3.07. The lowest BCUT2D eigenvalue weighted by molar-refractivity contribution is -0.385. The number of nitrogens with zero attached hydrogens (tertiary/aromatic N) is 3. The molecule has 0 unspecified atom stereocenters. The van der Waals surface area contributed by atoms with Crippen molar-refractivity contribution >= 4 is 21.6 Å². The topological polar surface area (TPSA) is 124 Å². The number of benzene rings is 1. The summed E-state index contributed by atoms with van der Waals surface area (Å²) in [4.78, 5) is 18.4. The molecule has 9 nitrogen and oxygen atoms in total. The molecule has 0 aliphatic heterocycles. The highest BCUT2D eigenvalue weighted by molar-refractivity contribution is 7.86. The summed E-state index contributed by atoms with van der Waals surface area (Å²) < 4.78 is 40.7. The van der Waals surface area contributed by atoms with Crippen LogP contribution in [0.5, 0.6) is 5.75 Å². The van der Waals surface area contributed by atoms with Crippen molar-refractivity contribution in [2.24, 2.45) is 0 Å². The summed E-state index contributed by atoms with van der Waals surface area (Å²) in [5.74, 6) is -0.573. The van der Waals surface area contributed by atoms with E-state index < -0.39 is 20.9 Å². The first kappa shape index (κ1) is 18.5. The van der Waals surface area contributed by atoms with Crippen molar-refractivity contribution in [3.05, 3.63) is 51.2 Å². The van der Waals surface area contributed by atoms with Gasteiger partial charge in [-0.2, -0.15) is 8.42 Å². The third kappa shape index (κ3) is 4.83. The van der Waals surface area contributed by atoms with Crippen LogP contribution in [0, 0.1) is 29.8 Å². The van der Waals surface area contributed by atoms with Gasteiger partial charge in [0.15, 0.2) is 0 Å². The van der Waals surface area contributed by atoms with E-state index in [1.165, 1.54) is 19.1 Å². The number of aryl methyl sites for hydroxylation is 2. The Bertz CT molecular complexity index is 933. The van der Waals surface area contributed by atoms with Gasteiger partial charge in [-0.05, 0) is 19.9 Å². The van der Waals surface area contributed by atoms with E-state index in [0.717, 1.165) is 12.3 Å². The number of nitrogens with one attached hydrogen (secondary N) is 1. The van der Waals surface area contributed by atoms with Crippen molar-refractivity contribution in [2.75, 3.05) is 11.6 Å². The molecular formula is C14H15FN4O5S. The lowest BCUT2D eigenvalue weighted by atomic mass is 10.2. The summed E-state index contributed by atoms with van der Waals surface area (Å²) in [6, 6.07) is 3.52. The minimum atomic E-state index is -3.76. The van der Waals surface area contributed by atoms with Crippen molar-refractivity contribution < 1.29 is 21.9 Å². The highest BCUT2D eigenvalue weighted by Gasteiger charge is 2.21. The van der Waals surface area contributed by atoms with Crippen molar-refractivity contribution in [2.45, 2.75) is 20.4 Å². The SMILES string of the molecule is Cc1nc(C)c([N+](=O)[O-])c(NCc2ccc(OS(C)(=O)=O)cc2F)n1. The summed E-state index contributed by atoms with van der Waals surface area (Å²) in [5, 5.41) is 13.9. The van der Waals surface area contributed by atoms with Gasteiger partial charge >= 0.3 is 15.8 Å². The molecule has 0 bridgehead atoms. The standard InChI is InChI=1S/C14H15FN4O5S/c1-8-13(19(20)21)14(18-9(2)17-8)16-7-10-4-5-11(6-12(10)15)24-25(3,22)23/h4-6H,7H2,1-3H3,(H,16,17,18). The zero-order valence-corrected chi connectivity index (χ0v) is 14.4. The maximum Gasteiger partial charge on any atom is 0.332 e. The van der Waals surface area contributed by atoms with Crippen LogP contribution < -0.4 is 9.50 Å². The minimum Gasteiger partial charge on any atom is -0.382 e. The molecule has 1 heterocycles. The summed E-state index contributed by atoms with van der Waals surface area (Å²) in [6.45, 7) is 2.97. The molecule has 25 heavy (non-hydrogen) atoms. The summed E-state index contributed by atoms with van der Waals surface area (Å²) in [6.07, 6.45) is 0.847. The van der Waals surface area contributed by atoms with Gasteiger partial charge in [-0.15, -0.1) is 0 Å². The fourth-order valence-corrected chi connectivity index (χ4v) is 2.58. The Balaban J connectivity index is 2.24. The fraction of sp³-hybridized carbons (Fsp3) is 0.286. The van der Waals surface area contributed by atoms with Crippen LogP contribution in [0.4, 0.5) is 15.9 Å². The van der Waals surface area contributed by atoms with Gasteiger partial charge in [-0.3, -0.25) is 10.1 Å². The maximum atomic E-state index is 14.1. The van der Waals surface area contributed by atoms with E-state index in [1.807, 2.05) is 0 Å². The molecule has 0 radical (unpaired) electrons. The molecule has 134 valence electrons. The average Bonchev–Trinajstić information content (AvgIpc) is 2.43. The summed E-state index contributed by atoms with van der Waals surface area (Å²) in [7, 11) is -3.76. The zero-order valence-electron chi connectivity index (χ0n) is 13.6. The molecule has 0 amide bonds. The Morgan fingerprint density at radius 3 is 2.56 bits per heavy atom. The van der Waals surface area contributed by atoms with E-state index in [4.69, 9.17) is 0 Å². The van der Waals surface area contributed by atoms with Crippen LogP contribution in [0.25, 0.3) is 0 Å². The van der Waals surface area contributed by atoms with E-state index in [1.54, 1.807) is 6.92 Å². The van der Waals surface area contributed by atoms with Crippen LogP contribution in [0.15, 0.2) is 18.2 Å². The first-order valence-corrected chi connectivity index (χ1v) is 8.80. The van der Waals surface area contributed by atoms with E-state index in [9.17, 15) is 22.9 Å². The molecular weight excluding hydrogens is 355 g/mol. The number of hydrogen-bond donors (Lipinski definition) is 1. The van der Waals surface area contributed by atoms with Crippen LogP contribution in [0.2, 0.25) is 0 Å². The van der Waals surface area contributed by atoms with Gasteiger partial charge in [0.1, 0.15) is 23.1 Å². The van der Waals surface area contributed by atoms with Gasteiger partial charge in [0, 0.05) is 18.2 Å². The summed E-state index contributed by atoms with van der Waals surface area (Å²) in [5.41, 5.74) is 0.0597. The third-order valence-corrected chi connectivity index (χ3v) is 3.57. The van der Waals surface area contributed by atoms with Crippen molar-refractivity contribution in [1.29, 1.82) is 0 Å². The predicted octanol–water partition coefficient (Wildman–Crippen LogP) is 2.09. The molecule has 1 aromatic heterocycles. The Morgan fingerprint density at radius 2 is 2.00 bits per heavy atom. The lowest BCUT2D eigenvalue weighted by Crippen LogP contribution is -2.10. The van der Waals surface area contributed by atoms with Gasteiger partial charge in [-0.25, -0.2) is 14.4 Å². The van der Waals surface area contributed by atoms with Gasteiger partial charge in [0.25, 0.3) is 0 Å². The number of nitro groups is 1. The van der Waals surface area contributed by atoms with Crippen LogP contribution in [-0.4, -0.2) is 29.6 Å². The normalized spacial score (nSPS) is 11.2. The van der Waals surface area contributed by atoms with Gasteiger partial charge < -0.3 is 9.50 Å².